The van der Waals surface area contributed by atoms with Gasteiger partial charge in [0, 0.05) is 57.1 Å². The molecular weight excluding hydrogens is 469 g/mol. The third-order valence-corrected chi connectivity index (χ3v) is 7.23. The molecule has 0 N–H and O–H groups in total. The third-order valence-electron chi connectivity index (χ3n) is 6.41. The molecule has 0 unspecified atom stereocenters. The monoisotopic (exact) mass is 494 g/mol. The number of hydrogen-bond donors (Lipinski definition) is 0. The minimum absolute atomic E-state index is 0.0465. The Kier molecular flexibility index (Phi) is 6.15. The molecule has 2 saturated heterocycles. The standard InChI is InChI=1S/C21H25F3N8OS/c1-14-25-16(13-34-14)12-29-8-10-31(11-9-29)19(33)15-4-6-30(7-5-15)18-3-2-17-26-27-20(21(22,23)24)32(17)28-18/h2-3,13,15H,4-12H2,1H3. The Labute approximate surface area is 198 Å². The van der Waals surface area contributed by atoms with Gasteiger partial charge in [0.2, 0.25) is 5.91 Å². The second-order valence-electron chi connectivity index (χ2n) is 8.70. The van der Waals surface area contributed by atoms with Gasteiger partial charge in [0.1, 0.15) is 5.82 Å². The molecule has 0 aromatic carbocycles. The lowest BCUT2D eigenvalue weighted by molar-refractivity contribution is -0.146. The summed E-state index contributed by atoms with van der Waals surface area (Å²) in [5, 5.41) is 14.0. The van der Waals surface area contributed by atoms with Gasteiger partial charge < -0.3 is 9.80 Å². The molecule has 0 bridgehead atoms. The average molecular weight is 495 g/mol. The van der Waals surface area contributed by atoms with E-state index in [1.54, 1.807) is 17.4 Å². The van der Waals surface area contributed by atoms with E-state index in [2.05, 4.69) is 30.6 Å². The molecule has 2 fully saturated rings. The van der Waals surface area contributed by atoms with Crippen LogP contribution in [0.1, 0.15) is 29.4 Å². The van der Waals surface area contributed by atoms with Gasteiger partial charge in [-0.05, 0) is 31.9 Å². The van der Waals surface area contributed by atoms with Crippen molar-refractivity contribution in [1.82, 2.24) is 34.6 Å². The number of rotatable bonds is 4. The fourth-order valence-electron chi connectivity index (χ4n) is 4.57. The molecule has 13 heteroatoms. The van der Waals surface area contributed by atoms with Crippen LogP contribution in [0, 0.1) is 12.8 Å². The van der Waals surface area contributed by atoms with Crippen molar-refractivity contribution in [3.05, 3.63) is 34.0 Å². The van der Waals surface area contributed by atoms with Crippen LogP contribution in [0.5, 0.6) is 0 Å². The molecule has 0 aliphatic carbocycles. The molecule has 0 atom stereocenters. The van der Waals surface area contributed by atoms with Crippen LogP contribution in [0.2, 0.25) is 0 Å². The van der Waals surface area contributed by atoms with E-state index in [-0.39, 0.29) is 17.5 Å². The van der Waals surface area contributed by atoms with Gasteiger partial charge in [-0.25, -0.2) is 4.98 Å². The van der Waals surface area contributed by atoms with Crippen molar-refractivity contribution in [2.24, 2.45) is 5.92 Å². The summed E-state index contributed by atoms with van der Waals surface area (Å²) < 4.78 is 40.2. The number of nitrogens with zero attached hydrogens (tertiary/aromatic N) is 8. The van der Waals surface area contributed by atoms with Crippen LogP contribution in [0.25, 0.3) is 5.65 Å². The molecule has 9 nitrogen and oxygen atoms in total. The maximum absolute atomic E-state index is 13.2. The van der Waals surface area contributed by atoms with Crippen LogP contribution in [-0.4, -0.2) is 79.8 Å². The molecule has 2 aliphatic rings. The fraction of sp³-hybridized carbons (Fsp3) is 0.571. The van der Waals surface area contributed by atoms with Gasteiger partial charge in [-0.1, -0.05) is 0 Å². The molecule has 5 rings (SSSR count). The van der Waals surface area contributed by atoms with E-state index in [0.717, 1.165) is 34.9 Å². The van der Waals surface area contributed by atoms with Crippen molar-refractivity contribution in [3.63, 3.8) is 0 Å². The summed E-state index contributed by atoms with van der Waals surface area (Å²) in [4.78, 5) is 23.8. The van der Waals surface area contributed by atoms with E-state index in [0.29, 0.717) is 44.8 Å². The van der Waals surface area contributed by atoms with Crippen LogP contribution in [0.15, 0.2) is 17.5 Å². The van der Waals surface area contributed by atoms with E-state index in [1.807, 2.05) is 16.7 Å². The quantitative estimate of drug-likeness (QED) is 0.551. The van der Waals surface area contributed by atoms with Crippen molar-refractivity contribution in [1.29, 1.82) is 0 Å². The predicted octanol–water partition coefficient (Wildman–Crippen LogP) is 2.47. The first-order chi connectivity index (χ1) is 16.3. The molecule has 0 spiro atoms. The first-order valence-electron chi connectivity index (χ1n) is 11.2. The number of anilines is 1. The van der Waals surface area contributed by atoms with E-state index in [1.165, 1.54) is 6.07 Å². The number of halogens is 3. The molecule has 34 heavy (non-hydrogen) atoms. The Hall–Kier alpha value is -2.80. The number of fused-ring (bicyclic) bond motifs is 1. The molecule has 0 saturated carbocycles. The number of aryl methyl sites for hydroxylation is 1. The zero-order chi connectivity index (χ0) is 23.9. The summed E-state index contributed by atoms with van der Waals surface area (Å²) in [5.41, 5.74) is 1.13. The maximum Gasteiger partial charge on any atom is 0.453 e. The highest BCUT2D eigenvalue weighted by Crippen LogP contribution is 2.29. The highest BCUT2D eigenvalue weighted by molar-refractivity contribution is 7.09. The zero-order valence-electron chi connectivity index (χ0n) is 18.7. The topological polar surface area (TPSA) is 82.8 Å². The second-order valence-corrected chi connectivity index (χ2v) is 9.77. The number of carbonyl (C=O) groups excluding carboxylic acids is 1. The summed E-state index contributed by atoms with van der Waals surface area (Å²) >= 11 is 1.65. The summed E-state index contributed by atoms with van der Waals surface area (Å²) in [7, 11) is 0. The minimum atomic E-state index is -4.63. The number of thiazole rings is 1. The highest BCUT2D eigenvalue weighted by atomic mass is 32.1. The van der Waals surface area contributed by atoms with Crippen molar-refractivity contribution in [2.45, 2.75) is 32.5 Å². The first kappa shape index (κ1) is 23.0. The van der Waals surface area contributed by atoms with Crippen LogP contribution >= 0.6 is 11.3 Å². The number of alkyl halides is 3. The predicted molar refractivity (Wildman–Crippen MR) is 119 cm³/mol. The largest absolute Gasteiger partial charge is 0.453 e. The van der Waals surface area contributed by atoms with Crippen molar-refractivity contribution >= 4 is 28.7 Å². The van der Waals surface area contributed by atoms with Gasteiger partial charge >= 0.3 is 6.18 Å². The third kappa shape index (κ3) is 4.71. The van der Waals surface area contributed by atoms with Crippen molar-refractivity contribution in [3.8, 4) is 0 Å². The summed E-state index contributed by atoms with van der Waals surface area (Å²) in [6, 6.07) is 3.13. The minimum Gasteiger partial charge on any atom is -0.355 e. The Morgan fingerprint density at radius 1 is 1.09 bits per heavy atom. The highest BCUT2D eigenvalue weighted by Gasteiger charge is 2.38. The molecule has 0 radical (unpaired) electrons. The molecule has 2 aliphatic heterocycles. The lowest BCUT2D eigenvalue weighted by Gasteiger charge is -2.38. The Bertz CT molecular complexity index is 1160. The second kappa shape index (κ2) is 9.10. The average Bonchev–Trinajstić information content (AvgIpc) is 3.44. The van der Waals surface area contributed by atoms with Gasteiger partial charge in [0.05, 0.1) is 10.7 Å². The maximum atomic E-state index is 13.2. The SMILES string of the molecule is Cc1nc(CN2CCN(C(=O)C3CCN(c4ccc5nnc(C(F)(F)F)n5n4)CC3)CC2)cs1. The molecular formula is C21H25F3N8OS. The normalized spacial score (nSPS) is 18.7. The number of carbonyl (C=O) groups is 1. The summed E-state index contributed by atoms with van der Waals surface area (Å²) in [6.07, 6.45) is -3.34. The van der Waals surface area contributed by atoms with Crippen LogP contribution < -0.4 is 4.90 Å². The number of hydrogen-bond acceptors (Lipinski definition) is 8. The number of aromatic nitrogens is 5. The van der Waals surface area contributed by atoms with Gasteiger partial charge in [-0.15, -0.1) is 26.6 Å². The molecule has 1 amide bonds. The van der Waals surface area contributed by atoms with Gasteiger partial charge in [0.25, 0.3) is 5.82 Å². The van der Waals surface area contributed by atoms with E-state index in [4.69, 9.17) is 0 Å². The van der Waals surface area contributed by atoms with Crippen molar-refractivity contribution in [2.75, 3.05) is 44.2 Å². The fourth-order valence-corrected chi connectivity index (χ4v) is 5.18. The van der Waals surface area contributed by atoms with Gasteiger partial charge in [-0.3, -0.25) is 9.69 Å². The van der Waals surface area contributed by atoms with E-state index < -0.39 is 12.0 Å². The van der Waals surface area contributed by atoms with E-state index in [9.17, 15) is 18.0 Å². The number of piperidine rings is 1. The van der Waals surface area contributed by atoms with Crippen LogP contribution in [0.3, 0.4) is 0 Å². The Balaban J connectivity index is 1.15. The zero-order valence-corrected chi connectivity index (χ0v) is 19.5. The van der Waals surface area contributed by atoms with Crippen LogP contribution in [-0.2, 0) is 17.5 Å². The lowest BCUT2D eigenvalue weighted by atomic mass is 9.95. The summed E-state index contributed by atoms with van der Waals surface area (Å²) in [6.45, 7) is 6.98. The van der Waals surface area contributed by atoms with Gasteiger partial charge in [0.15, 0.2) is 5.65 Å². The Morgan fingerprint density at radius 2 is 1.82 bits per heavy atom. The van der Waals surface area contributed by atoms with Crippen LogP contribution in [0.4, 0.5) is 19.0 Å². The lowest BCUT2D eigenvalue weighted by Crippen LogP contribution is -2.51. The van der Waals surface area contributed by atoms with Crippen molar-refractivity contribution < 1.29 is 18.0 Å². The smallest absolute Gasteiger partial charge is 0.355 e. The molecule has 182 valence electrons. The number of piperazine rings is 1. The van der Waals surface area contributed by atoms with E-state index >= 15 is 0 Å². The van der Waals surface area contributed by atoms with Gasteiger partial charge in [-0.2, -0.15) is 17.7 Å². The molecule has 5 heterocycles. The Morgan fingerprint density at radius 3 is 2.47 bits per heavy atom. The molecule has 3 aromatic heterocycles. The number of amides is 1. The molecule has 3 aromatic rings. The first-order valence-corrected chi connectivity index (χ1v) is 12.1. The summed E-state index contributed by atoms with van der Waals surface area (Å²) in [5.74, 6) is -0.619.